The molecule has 2 aliphatic heterocycles. The molecule has 114 valence electrons. The first-order valence-corrected chi connectivity index (χ1v) is 8.30. The molecule has 1 saturated carbocycles. The molecule has 3 nitrogen and oxygen atoms in total. The van der Waals surface area contributed by atoms with Gasteiger partial charge < -0.3 is 14.8 Å². The number of fused-ring (bicyclic) bond motifs is 1. The highest BCUT2D eigenvalue weighted by molar-refractivity contribution is 5.35. The molecule has 0 amide bonds. The maximum atomic E-state index is 6.09. The molecule has 0 radical (unpaired) electrons. The van der Waals surface area contributed by atoms with Crippen LogP contribution < -0.4 is 5.32 Å². The zero-order valence-electron chi connectivity index (χ0n) is 12.9. The van der Waals surface area contributed by atoms with E-state index >= 15 is 0 Å². The molecule has 0 bridgehead atoms. The molecule has 21 heavy (non-hydrogen) atoms. The number of hydrogen-bond acceptors (Lipinski definition) is 3. The molecule has 2 fully saturated rings. The van der Waals surface area contributed by atoms with Gasteiger partial charge in [-0.25, -0.2) is 0 Å². The first-order valence-electron chi connectivity index (χ1n) is 8.30. The number of benzene rings is 1. The average molecular weight is 287 g/mol. The number of nitrogens with one attached hydrogen (secondary N) is 1. The van der Waals surface area contributed by atoms with E-state index in [4.69, 9.17) is 9.47 Å². The van der Waals surface area contributed by atoms with Gasteiger partial charge in [-0.15, -0.1) is 0 Å². The van der Waals surface area contributed by atoms with E-state index < -0.39 is 0 Å². The number of rotatable bonds is 3. The summed E-state index contributed by atoms with van der Waals surface area (Å²) in [6, 6.07) is 7.34. The van der Waals surface area contributed by atoms with E-state index in [1.54, 1.807) is 0 Å². The molecule has 3 aliphatic rings. The molecule has 1 aliphatic carbocycles. The van der Waals surface area contributed by atoms with Crippen molar-refractivity contribution in [3.05, 3.63) is 34.9 Å². The van der Waals surface area contributed by atoms with Gasteiger partial charge in [0.2, 0.25) is 0 Å². The van der Waals surface area contributed by atoms with Gasteiger partial charge in [-0.05, 0) is 61.8 Å². The molecule has 1 N–H and O–H groups in total. The zero-order chi connectivity index (χ0) is 14.3. The van der Waals surface area contributed by atoms with Gasteiger partial charge in [-0.2, -0.15) is 0 Å². The highest BCUT2D eigenvalue weighted by Gasteiger charge is 2.44. The third kappa shape index (κ3) is 2.41. The molecule has 2 atom stereocenters. The molecular weight excluding hydrogens is 262 g/mol. The summed E-state index contributed by atoms with van der Waals surface area (Å²) in [7, 11) is 2.09. The van der Waals surface area contributed by atoms with Crippen LogP contribution in [-0.4, -0.2) is 19.3 Å². The Hall–Kier alpha value is -0.900. The molecule has 4 rings (SSSR count). The fraction of sp³-hybridized carbons (Fsp3) is 0.667. The van der Waals surface area contributed by atoms with E-state index in [2.05, 4.69) is 30.6 Å². The Morgan fingerprint density at radius 1 is 1.24 bits per heavy atom. The summed E-state index contributed by atoms with van der Waals surface area (Å²) in [4.78, 5) is 0. The van der Waals surface area contributed by atoms with Crippen molar-refractivity contribution in [3.8, 4) is 0 Å². The molecule has 1 aromatic carbocycles. The lowest BCUT2D eigenvalue weighted by Gasteiger charge is -2.48. The largest absolute Gasteiger partial charge is 0.375 e. The van der Waals surface area contributed by atoms with E-state index in [1.807, 2.05) is 0 Å². The van der Waals surface area contributed by atoms with Crippen LogP contribution in [0, 0.1) is 5.92 Å². The Balaban J connectivity index is 1.56. The standard InChI is InChI=1S/C18H25NO2/c1-19-17(13-3-4-15-11-20-12-16(15)9-13)14-5-8-21-18(10-14)6-2-7-18/h3-4,9,14,17,19H,2,5-8,10-12H2,1H3. The maximum absolute atomic E-state index is 6.09. The average Bonchev–Trinajstić information content (AvgIpc) is 2.94. The SMILES string of the molecule is CNC(c1ccc2c(c1)COC2)C1CCOC2(CCC2)C1. The normalized spacial score (nSPS) is 28.1. The van der Waals surface area contributed by atoms with Crippen LogP contribution in [0.25, 0.3) is 0 Å². The number of ether oxygens (including phenoxy) is 2. The summed E-state index contributed by atoms with van der Waals surface area (Å²) in [6.07, 6.45) is 6.25. The van der Waals surface area contributed by atoms with Crippen molar-refractivity contribution < 1.29 is 9.47 Å². The fourth-order valence-electron chi connectivity index (χ4n) is 4.33. The predicted octanol–water partition coefficient (Wildman–Crippen LogP) is 3.33. The fourth-order valence-corrected chi connectivity index (χ4v) is 4.33. The molecule has 2 heterocycles. The van der Waals surface area contributed by atoms with Crippen LogP contribution in [-0.2, 0) is 22.7 Å². The van der Waals surface area contributed by atoms with Crippen molar-refractivity contribution in [1.82, 2.24) is 5.32 Å². The second-order valence-corrected chi connectivity index (χ2v) is 6.93. The highest BCUT2D eigenvalue weighted by atomic mass is 16.5. The van der Waals surface area contributed by atoms with Crippen LogP contribution in [0.2, 0.25) is 0 Å². The van der Waals surface area contributed by atoms with Crippen molar-refractivity contribution in [2.45, 2.75) is 57.0 Å². The summed E-state index contributed by atoms with van der Waals surface area (Å²) in [5, 5.41) is 3.57. The van der Waals surface area contributed by atoms with Gasteiger partial charge in [-0.1, -0.05) is 18.2 Å². The van der Waals surface area contributed by atoms with Gasteiger partial charge in [-0.3, -0.25) is 0 Å². The molecule has 3 heteroatoms. The predicted molar refractivity (Wildman–Crippen MR) is 82.0 cm³/mol. The summed E-state index contributed by atoms with van der Waals surface area (Å²) in [6.45, 7) is 2.48. The molecule has 0 aromatic heterocycles. The smallest absolute Gasteiger partial charge is 0.0725 e. The maximum Gasteiger partial charge on any atom is 0.0725 e. The van der Waals surface area contributed by atoms with Crippen molar-refractivity contribution in [3.63, 3.8) is 0 Å². The van der Waals surface area contributed by atoms with E-state index in [0.717, 1.165) is 19.8 Å². The zero-order valence-corrected chi connectivity index (χ0v) is 12.9. The van der Waals surface area contributed by atoms with Gasteiger partial charge in [0.1, 0.15) is 0 Å². The lowest BCUT2D eigenvalue weighted by molar-refractivity contribution is -0.147. The Morgan fingerprint density at radius 3 is 2.86 bits per heavy atom. The first-order chi connectivity index (χ1) is 10.3. The second-order valence-electron chi connectivity index (χ2n) is 6.93. The van der Waals surface area contributed by atoms with Crippen LogP contribution in [0.3, 0.4) is 0 Å². The topological polar surface area (TPSA) is 30.5 Å². The van der Waals surface area contributed by atoms with Crippen molar-refractivity contribution in [2.75, 3.05) is 13.7 Å². The van der Waals surface area contributed by atoms with Gasteiger partial charge in [0.05, 0.1) is 18.8 Å². The molecule has 1 aromatic rings. The molecular formula is C18H25NO2. The molecule has 2 unspecified atom stereocenters. The molecule has 1 saturated heterocycles. The third-order valence-corrected chi connectivity index (χ3v) is 5.68. The summed E-state index contributed by atoms with van der Waals surface area (Å²) < 4.78 is 11.6. The Morgan fingerprint density at radius 2 is 2.10 bits per heavy atom. The second kappa shape index (κ2) is 5.38. The first kappa shape index (κ1) is 13.7. The Labute approximate surface area is 127 Å². The van der Waals surface area contributed by atoms with Crippen molar-refractivity contribution in [1.29, 1.82) is 0 Å². The minimum Gasteiger partial charge on any atom is -0.375 e. The summed E-state index contributed by atoms with van der Waals surface area (Å²) in [5.41, 5.74) is 4.37. The van der Waals surface area contributed by atoms with E-state index in [9.17, 15) is 0 Å². The van der Waals surface area contributed by atoms with Gasteiger partial charge in [0.25, 0.3) is 0 Å². The highest BCUT2D eigenvalue weighted by Crippen LogP contribution is 2.47. The van der Waals surface area contributed by atoms with Gasteiger partial charge in [0.15, 0.2) is 0 Å². The lowest BCUT2D eigenvalue weighted by atomic mass is 9.69. The quantitative estimate of drug-likeness (QED) is 0.925. The van der Waals surface area contributed by atoms with Gasteiger partial charge >= 0.3 is 0 Å². The van der Waals surface area contributed by atoms with Crippen LogP contribution in [0.4, 0.5) is 0 Å². The minimum absolute atomic E-state index is 0.220. The monoisotopic (exact) mass is 287 g/mol. The van der Waals surface area contributed by atoms with E-state index in [-0.39, 0.29) is 5.60 Å². The van der Waals surface area contributed by atoms with Crippen LogP contribution in [0.15, 0.2) is 18.2 Å². The Kier molecular flexibility index (Phi) is 3.52. The number of hydrogen-bond donors (Lipinski definition) is 1. The molecule has 1 spiro atoms. The summed E-state index contributed by atoms with van der Waals surface area (Å²) in [5.74, 6) is 0.685. The van der Waals surface area contributed by atoms with Crippen LogP contribution in [0.1, 0.15) is 54.8 Å². The van der Waals surface area contributed by atoms with E-state index in [0.29, 0.717) is 12.0 Å². The van der Waals surface area contributed by atoms with Crippen molar-refractivity contribution in [2.24, 2.45) is 5.92 Å². The van der Waals surface area contributed by atoms with Crippen LogP contribution >= 0.6 is 0 Å². The summed E-state index contributed by atoms with van der Waals surface area (Å²) >= 11 is 0. The Bertz CT molecular complexity index is 524. The van der Waals surface area contributed by atoms with E-state index in [1.165, 1.54) is 48.8 Å². The van der Waals surface area contributed by atoms with Crippen LogP contribution in [0.5, 0.6) is 0 Å². The lowest BCUT2D eigenvalue weighted by Crippen LogP contribution is -2.47. The van der Waals surface area contributed by atoms with Crippen molar-refractivity contribution >= 4 is 0 Å². The third-order valence-electron chi connectivity index (χ3n) is 5.68. The van der Waals surface area contributed by atoms with Gasteiger partial charge in [0, 0.05) is 12.6 Å². The minimum atomic E-state index is 0.220.